The Kier molecular flexibility index (Phi) is 4.61. The van der Waals surface area contributed by atoms with Crippen molar-refractivity contribution in [3.05, 3.63) is 41.5 Å². The smallest absolute Gasteiger partial charge is 0.261 e. The van der Waals surface area contributed by atoms with E-state index in [1.54, 1.807) is 6.07 Å². The van der Waals surface area contributed by atoms with Gasteiger partial charge in [-0.2, -0.15) is 0 Å². The molecule has 0 spiro atoms. The molecule has 0 aliphatic carbocycles. The van der Waals surface area contributed by atoms with Gasteiger partial charge in [0.05, 0.1) is 12.6 Å². The van der Waals surface area contributed by atoms with E-state index in [9.17, 15) is 14.7 Å². The Bertz CT molecular complexity index is 887. The van der Waals surface area contributed by atoms with Gasteiger partial charge in [-0.3, -0.25) is 14.5 Å². The molecular weight excluding hydrogens is 342 g/mol. The zero-order chi connectivity index (χ0) is 19.1. The van der Waals surface area contributed by atoms with Gasteiger partial charge in [-0.05, 0) is 45.1 Å². The molecule has 0 saturated carbocycles. The molecule has 1 atom stereocenters. The van der Waals surface area contributed by atoms with E-state index in [-0.39, 0.29) is 24.5 Å². The van der Waals surface area contributed by atoms with Crippen LogP contribution in [0.4, 0.5) is 5.69 Å². The van der Waals surface area contributed by atoms with E-state index in [1.807, 2.05) is 43.3 Å². The topological polar surface area (TPSA) is 64.1 Å². The first-order chi connectivity index (χ1) is 13.0. The summed E-state index contributed by atoms with van der Waals surface area (Å²) >= 11 is 0. The second kappa shape index (κ2) is 6.94. The van der Waals surface area contributed by atoms with Crippen molar-refractivity contribution in [3.8, 4) is 0 Å². The number of likely N-dealkylation sites (N-methyl/N-ethyl adjacent to an activating group) is 1. The Labute approximate surface area is 159 Å². The van der Waals surface area contributed by atoms with Crippen LogP contribution in [0, 0.1) is 0 Å². The minimum absolute atomic E-state index is 0.0913. The molecule has 142 valence electrons. The molecule has 2 aliphatic rings. The van der Waals surface area contributed by atoms with Crippen molar-refractivity contribution in [1.29, 1.82) is 0 Å². The molecule has 1 N–H and O–H groups in total. The van der Waals surface area contributed by atoms with Crippen LogP contribution < -0.4 is 4.90 Å². The Morgan fingerprint density at radius 3 is 2.56 bits per heavy atom. The van der Waals surface area contributed by atoms with Crippen LogP contribution >= 0.6 is 0 Å². The normalized spacial score (nSPS) is 19.6. The molecule has 2 aliphatic heterocycles. The molecule has 0 aromatic heterocycles. The summed E-state index contributed by atoms with van der Waals surface area (Å²) in [6, 6.07) is 9.56. The highest BCUT2D eigenvalue weighted by atomic mass is 16.3. The number of imide groups is 1. The quantitative estimate of drug-likeness (QED) is 0.819. The second-order valence-corrected chi connectivity index (χ2v) is 7.60. The Morgan fingerprint density at radius 1 is 1.11 bits per heavy atom. The molecule has 2 amide bonds. The van der Waals surface area contributed by atoms with Gasteiger partial charge in [0, 0.05) is 47.2 Å². The predicted octanol–water partition coefficient (Wildman–Crippen LogP) is 1.96. The highest BCUT2D eigenvalue weighted by Gasteiger charge is 2.34. The van der Waals surface area contributed by atoms with Crippen molar-refractivity contribution < 1.29 is 14.7 Å². The fraction of sp³-hybridized carbons (Fsp3) is 0.429. The standard InChI is InChI=1S/C21H25N3O3/c1-22(2)11-12-24-20(26)16-7-3-6-15-18(23-10-4-5-14(23)13-25)9-8-17(19(15)16)21(24)27/h3,6-9,14,25H,4-5,10-13H2,1-2H3/t14-/m0/s1. The Hall–Kier alpha value is -2.44. The molecule has 4 rings (SSSR count). The van der Waals surface area contributed by atoms with E-state index in [2.05, 4.69) is 4.90 Å². The average Bonchev–Trinajstić information content (AvgIpc) is 3.13. The van der Waals surface area contributed by atoms with Gasteiger partial charge >= 0.3 is 0 Å². The fourth-order valence-corrected chi connectivity index (χ4v) is 4.23. The number of carbonyl (C=O) groups is 2. The lowest BCUT2D eigenvalue weighted by Gasteiger charge is -2.31. The van der Waals surface area contributed by atoms with Crippen LogP contribution in [0.5, 0.6) is 0 Å². The summed E-state index contributed by atoms with van der Waals surface area (Å²) < 4.78 is 0. The third-order valence-corrected chi connectivity index (χ3v) is 5.64. The third-order valence-electron chi connectivity index (χ3n) is 5.64. The minimum Gasteiger partial charge on any atom is -0.394 e. The average molecular weight is 367 g/mol. The van der Waals surface area contributed by atoms with Crippen LogP contribution in [-0.4, -0.2) is 73.1 Å². The van der Waals surface area contributed by atoms with Gasteiger partial charge in [0.2, 0.25) is 0 Å². The van der Waals surface area contributed by atoms with E-state index in [4.69, 9.17) is 0 Å². The molecule has 0 radical (unpaired) electrons. The molecule has 0 bridgehead atoms. The summed E-state index contributed by atoms with van der Waals surface area (Å²) in [4.78, 5) is 31.5. The number of anilines is 1. The molecular formula is C21H25N3O3. The van der Waals surface area contributed by atoms with Crippen LogP contribution in [0.2, 0.25) is 0 Å². The Balaban J connectivity index is 1.82. The van der Waals surface area contributed by atoms with Gasteiger partial charge in [-0.1, -0.05) is 12.1 Å². The number of nitrogens with zero attached hydrogens (tertiary/aromatic N) is 3. The largest absolute Gasteiger partial charge is 0.394 e. The predicted molar refractivity (Wildman–Crippen MR) is 105 cm³/mol. The van der Waals surface area contributed by atoms with E-state index in [1.165, 1.54) is 4.90 Å². The first kappa shape index (κ1) is 17.9. The maximum atomic E-state index is 13.0. The van der Waals surface area contributed by atoms with Crippen molar-refractivity contribution >= 4 is 28.3 Å². The number of carbonyl (C=O) groups excluding carboxylic acids is 2. The molecule has 0 unspecified atom stereocenters. The highest BCUT2D eigenvalue weighted by Crippen LogP contribution is 2.38. The Morgan fingerprint density at radius 2 is 1.85 bits per heavy atom. The van der Waals surface area contributed by atoms with Crippen molar-refractivity contribution in [2.75, 3.05) is 45.2 Å². The number of hydrogen-bond donors (Lipinski definition) is 1. The van der Waals surface area contributed by atoms with Gasteiger partial charge < -0.3 is 14.9 Å². The van der Waals surface area contributed by atoms with Crippen molar-refractivity contribution in [2.45, 2.75) is 18.9 Å². The number of aliphatic hydroxyl groups is 1. The van der Waals surface area contributed by atoms with Crippen LogP contribution in [0.1, 0.15) is 33.6 Å². The molecule has 2 aromatic carbocycles. The van der Waals surface area contributed by atoms with E-state index >= 15 is 0 Å². The first-order valence-corrected chi connectivity index (χ1v) is 9.47. The van der Waals surface area contributed by atoms with E-state index in [0.29, 0.717) is 24.2 Å². The van der Waals surface area contributed by atoms with Crippen molar-refractivity contribution in [2.24, 2.45) is 0 Å². The monoisotopic (exact) mass is 367 g/mol. The number of aliphatic hydroxyl groups excluding tert-OH is 1. The van der Waals surface area contributed by atoms with Gasteiger partial charge in [0.15, 0.2) is 0 Å². The lowest BCUT2D eigenvalue weighted by atomic mass is 9.92. The number of benzene rings is 2. The minimum atomic E-state index is -0.225. The molecule has 27 heavy (non-hydrogen) atoms. The molecule has 1 saturated heterocycles. The fourth-order valence-electron chi connectivity index (χ4n) is 4.23. The van der Waals surface area contributed by atoms with Gasteiger partial charge in [-0.25, -0.2) is 0 Å². The zero-order valence-electron chi connectivity index (χ0n) is 15.8. The lowest BCUT2D eigenvalue weighted by molar-refractivity contribution is 0.0601. The van der Waals surface area contributed by atoms with Crippen LogP contribution in [0.15, 0.2) is 30.3 Å². The molecule has 2 heterocycles. The van der Waals surface area contributed by atoms with Crippen molar-refractivity contribution in [1.82, 2.24) is 9.80 Å². The van der Waals surface area contributed by atoms with Crippen molar-refractivity contribution in [3.63, 3.8) is 0 Å². The number of hydrogen-bond acceptors (Lipinski definition) is 5. The molecule has 2 aromatic rings. The first-order valence-electron chi connectivity index (χ1n) is 9.47. The highest BCUT2D eigenvalue weighted by molar-refractivity contribution is 6.26. The summed E-state index contributed by atoms with van der Waals surface area (Å²) in [5, 5.41) is 11.4. The second-order valence-electron chi connectivity index (χ2n) is 7.60. The number of rotatable bonds is 5. The zero-order valence-corrected chi connectivity index (χ0v) is 15.8. The summed E-state index contributed by atoms with van der Waals surface area (Å²) in [7, 11) is 3.85. The maximum Gasteiger partial charge on any atom is 0.261 e. The molecule has 6 heteroatoms. The summed E-state index contributed by atoms with van der Waals surface area (Å²) in [5.41, 5.74) is 2.17. The van der Waals surface area contributed by atoms with Crippen LogP contribution in [0.3, 0.4) is 0 Å². The van der Waals surface area contributed by atoms with Gasteiger partial charge in [0.25, 0.3) is 11.8 Å². The maximum absolute atomic E-state index is 13.0. The lowest BCUT2D eigenvalue weighted by Crippen LogP contribution is -2.43. The van der Waals surface area contributed by atoms with E-state index < -0.39 is 0 Å². The van der Waals surface area contributed by atoms with Gasteiger partial charge in [0.1, 0.15) is 0 Å². The van der Waals surface area contributed by atoms with Gasteiger partial charge in [-0.15, -0.1) is 0 Å². The van der Waals surface area contributed by atoms with Crippen LogP contribution in [-0.2, 0) is 0 Å². The molecule has 1 fully saturated rings. The SMILES string of the molecule is CN(C)CCN1C(=O)c2cccc3c(N4CCC[C@H]4CO)ccc(c23)C1=O. The molecule has 6 nitrogen and oxygen atoms in total. The van der Waals surface area contributed by atoms with E-state index in [0.717, 1.165) is 35.8 Å². The van der Waals surface area contributed by atoms with Crippen LogP contribution in [0.25, 0.3) is 10.8 Å². The summed E-state index contributed by atoms with van der Waals surface area (Å²) in [6.45, 7) is 1.99. The number of amides is 2. The summed E-state index contributed by atoms with van der Waals surface area (Å²) in [5.74, 6) is -0.450. The summed E-state index contributed by atoms with van der Waals surface area (Å²) in [6.07, 6.45) is 1.99. The third kappa shape index (κ3) is 2.89.